The molecule has 0 bridgehead atoms. The lowest BCUT2D eigenvalue weighted by atomic mass is 10.1. The van der Waals surface area contributed by atoms with Gasteiger partial charge in [0.1, 0.15) is 19.8 Å². The second-order valence-electron chi connectivity index (χ2n) is 5.51. The van der Waals surface area contributed by atoms with Crippen molar-refractivity contribution in [2.24, 2.45) is 0 Å². The van der Waals surface area contributed by atoms with E-state index in [9.17, 15) is 19.2 Å². The van der Waals surface area contributed by atoms with E-state index in [2.05, 4.69) is 21.4 Å². The average Bonchev–Trinajstić information content (AvgIpc) is 2.69. The highest BCUT2D eigenvalue weighted by atomic mass is 16.6. The van der Waals surface area contributed by atoms with Gasteiger partial charge in [-0.3, -0.25) is 4.79 Å². The number of hydrogen-bond donors (Lipinski definition) is 1. The molecule has 0 unspecified atom stereocenters. The van der Waals surface area contributed by atoms with E-state index in [1.165, 1.54) is 0 Å². The third-order valence-electron chi connectivity index (χ3n) is 3.28. The fourth-order valence-electron chi connectivity index (χ4n) is 1.92. The van der Waals surface area contributed by atoms with E-state index in [4.69, 9.17) is 16.1 Å². The zero-order valence-corrected chi connectivity index (χ0v) is 16.0. The summed E-state index contributed by atoms with van der Waals surface area (Å²) in [5, 5.41) is 2.59. The number of carbonyl (C=O) groups excluding carboxylic acids is 4. The maximum absolute atomic E-state index is 11.4. The van der Waals surface area contributed by atoms with Gasteiger partial charge in [0, 0.05) is 19.0 Å². The first-order valence-corrected chi connectivity index (χ1v) is 9.06. The first-order valence-electron chi connectivity index (χ1n) is 9.06. The van der Waals surface area contributed by atoms with Gasteiger partial charge in [-0.25, -0.2) is 9.59 Å². The number of carbonyl (C=O) groups is 4. The van der Waals surface area contributed by atoms with Gasteiger partial charge in [-0.15, -0.1) is 4.79 Å². The van der Waals surface area contributed by atoms with Gasteiger partial charge in [-0.2, -0.15) is 0 Å². The molecule has 9 heteroatoms. The standard InChI is InChI=1S/C19H27NO8/c1-3-16(21)25-12-13-27-18(23)10-8-6-5-7-9-11-20-19(24)28-15-14-26-17(22)4-2/h1,3-4H,2,5-15H2/p+1. The van der Waals surface area contributed by atoms with E-state index >= 15 is 0 Å². The minimum absolute atomic E-state index is 0.0108. The molecule has 0 aliphatic carbocycles. The van der Waals surface area contributed by atoms with E-state index in [-0.39, 0.29) is 32.4 Å². The van der Waals surface area contributed by atoms with Crippen LogP contribution in [0, 0.1) is 6.58 Å². The highest BCUT2D eigenvalue weighted by molar-refractivity contribution is 5.81. The first kappa shape index (κ1) is 25.1. The third-order valence-corrected chi connectivity index (χ3v) is 3.28. The maximum atomic E-state index is 11.4. The first-order chi connectivity index (χ1) is 13.5. The molecule has 0 atom stereocenters. The molecule has 0 rings (SSSR count). The molecule has 9 nitrogen and oxygen atoms in total. The average molecular weight is 398 g/mol. The molecular weight excluding hydrogens is 370 g/mol. The number of alkyl carbamates (subject to hydrolysis) is 1. The van der Waals surface area contributed by atoms with Gasteiger partial charge in [0.15, 0.2) is 6.61 Å². The van der Waals surface area contributed by atoms with Crippen molar-refractivity contribution < 1.29 is 38.1 Å². The van der Waals surface area contributed by atoms with Crippen molar-refractivity contribution in [2.75, 3.05) is 33.0 Å². The summed E-state index contributed by atoms with van der Waals surface area (Å²) in [5.41, 5.74) is 0. The quantitative estimate of drug-likeness (QED) is 0.138. The number of rotatable bonds is 16. The summed E-state index contributed by atoms with van der Waals surface area (Å²) in [7, 11) is 0. The molecule has 0 aromatic rings. The molecule has 0 radical (unpaired) electrons. The monoisotopic (exact) mass is 398 g/mol. The smallest absolute Gasteiger partial charge is 0.462 e. The Hall–Kier alpha value is -2.93. The van der Waals surface area contributed by atoms with Crippen molar-refractivity contribution in [1.82, 2.24) is 5.32 Å². The zero-order chi connectivity index (χ0) is 21.0. The number of nitrogens with one attached hydrogen (secondary N) is 1. The van der Waals surface area contributed by atoms with Crippen molar-refractivity contribution in [2.45, 2.75) is 38.5 Å². The summed E-state index contributed by atoms with van der Waals surface area (Å²) in [6.07, 6.45) is 5.75. The van der Waals surface area contributed by atoms with Gasteiger partial charge in [-0.1, -0.05) is 25.8 Å². The predicted molar refractivity (Wildman–Crippen MR) is 99.0 cm³/mol. The van der Waals surface area contributed by atoms with Crippen LogP contribution in [0.4, 0.5) is 4.79 Å². The summed E-state index contributed by atoms with van der Waals surface area (Å²) in [5.74, 6) is -1.56. The van der Waals surface area contributed by atoms with Crippen LogP contribution in [0.25, 0.3) is 0 Å². The van der Waals surface area contributed by atoms with Gasteiger partial charge in [0.05, 0.1) is 6.58 Å². The number of hydrogen-bond acceptors (Lipinski definition) is 8. The van der Waals surface area contributed by atoms with E-state index in [0.29, 0.717) is 19.4 Å². The fourth-order valence-corrected chi connectivity index (χ4v) is 1.92. The normalized spacial score (nSPS) is 9.68. The molecule has 0 saturated carbocycles. The van der Waals surface area contributed by atoms with Gasteiger partial charge >= 0.3 is 24.0 Å². The van der Waals surface area contributed by atoms with Crippen LogP contribution in [-0.2, 0) is 33.3 Å². The number of ether oxygens (including phenoxy) is 4. The SMILES string of the molecule is [CH+]=CC(=O)OCCOC(=O)CCCCCCCNC(=O)OCCOC(=O)C=C. The van der Waals surface area contributed by atoms with Gasteiger partial charge in [0.25, 0.3) is 0 Å². The molecule has 0 aromatic carbocycles. The number of unbranched alkanes of at least 4 members (excludes halogenated alkanes) is 4. The van der Waals surface area contributed by atoms with Crippen LogP contribution in [0.5, 0.6) is 0 Å². The molecule has 0 spiro atoms. The molecule has 0 aromatic heterocycles. The van der Waals surface area contributed by atoms with Crippen molar-refractivity contribution in [3.8, 4) is 0 Å². The Kier molecular flexibility index (Phi) is 15.7. The van der Waals surface area contributed by atoms with Crippen LogP contribution in [0.3, 0.4) is 0 Å². The Morgan fingerprint density at radius 1 is 0.786 bits per heavy atom. The zero-order valence-electron chi connectivity index (χ0n) is 16.0. The number of amides is 1. The molecule has 0 aliphatic rings. The van der Waals surface area contributed by atoms with Crippen LogP contribution in [-0.4, -0.2) is 57.0 Å². The van der Waals surface area contributed by atoms with Crippen molar-refractivity contribution in [3.05, 3.63) is 25.3 Å². The molecule has 1 N–H and O–H groups in total. The lowest BCUT2D eigenvalue weighted by Gasteiger charge is -2.07. The topological polar surface area (TPSA) is 117 Å². The summed E-state index contributed by atoms with van der Waals surface area (Å²) in [6, 6.07) is 0. The largest absolute Gasteiger partial charge is 0.484 e. The third kappa shape index (κ3) is 16.5. The van der Waals surface area contributed by atoms with Crippen molar-refractivity contribution >= 4 is 24.0 Å². The minimum atomic E-state index is -0.659. The van der Waals surface area contributed by atoms with Crippen molar-refractivity contribution in [1.29, 1.82) is 0 Å². The molecule has 0 fully saturated rings. The summed E-state index contributed by atoms with van der Waals surface area (Å²) in [6.45, 7) is 8.62. The Labute approximate surface area is 165 Å². The summed E-state index contributed by atoms with van der Waals surface area (Å²) in [4.78, 5) is 44.3. The van der Waals surface area contributed by atoms with Crippen molar-refractivity contribution in [3.63, 3.8) is 0 Å². The van der Waals surface area contributed by atoms with Crippen LogP contribution in [0.15, 0.2) is 18.7 Å². The molecular formula is C19H28NO8+. The second-order valence-corrected chi connectivity index (χ2v) is 5.51. The fraction of sp³-hybridized carbons (Fsp3) is 0.579. The summed E-state index contributed by atoms with van der Waals surface area (Å²) >= 11 is 0. The highest BCUT2D eigenvalue weighted by Crippen LogP contribution is 2.06. The Morgan fingerprint density at radius 3 is 2.04 bits per heavy atom. The minimum Gasteiger partial charge on any atom is -0.462 e. The van der Waals surface area contributed by atoms with E-state index in [0.717, 1.165) is 37.8 Å². The van der Waals surface area contributed by atoms with Crippen LogP contribution >= 0.6 is 0 Å². The molecule has 1 amide bonds. The molecule has 0 aliphatic heterocycles. The number of esters is 3. The second kappa shape index (κ2) is 17.5. The predicted octanol–water partition coefficient (Wildman–Crippen LogP) is 1.86. The van der Waals surface area contributed by atoms with Crippen LogP contribution in [0.1, 0.15) is 38.5 Å². The van der Waals surface area contributed by atoms with Crippen LogP contribution in [0.2, 0.25) is 0 Å². The van der Waals surface area contributed by atoms with E-state index < -0.39 is 18.0 Å². The highest BCUT2D eigenvalue weighted by Gasteiger charge is 2.07. The van der Waals surface area contributed by atoms with Gasteiger partial charge < -0.3 is 24.3 Å². The lowest BCUT2D eigenvalue weighted by molar-refractivity contribution is -0.149. The molecule has 0 heterocycles. The summed E-state index contributed by atoms with van der Waals surface area (Å²) < 4.78 is 19.0. The van der Waals surface area contributed by atoms with E-state index in [1.807, 2.05) is 0 Å². The van der Waals surface area contributed by atoms with Crippen LogP contribution < -0.4 is 5.32 Å². The Balaban J connectivity index is 3.38. The van der Waals surface area contributed by atoms with E-state index in [1.54, 1.807) is 0 Å². The molecule has 28 heavy (non-hydrogen) atoms. The molecule has 156 valence electrons. The van der Waals surface area contributed by atoms with Gasteiger partial charge in [-0.05, 0) is 12.8 Å². The van der Waals surface area contributed by atoms with Gasteiger partial charge in [0.2, 0.25) is 6.08 Å². The molecule has 0 saturated heterocycles. The Bertz CT molecular complexity index is 472. The lowest BCUT2D eigenvalue weighted by Crippen LogP contribution is -2.26. The maximum Gasteiger partial charge on any atom is 0.484 e. The Morgan fingerprint density at radius 2 is 1.36 bits per heavy atom.